The van der Waals surface area contributed by atoms with Gasteiger partial charge in [0, 0.05) is 67.9 Å². The number of alkyl halides is 2. The zero-order valence-corrected chi connectivity index (χ0v) is 19.8. The van der Waals surface area contributed by atoms with Gasteiger partial charge in [0.1, 0.15) is 0 Å². The predicted octanol–water partition coefficient (Wildman–Crippen LogP) is 2.55. The van der Waals surface area contributed by atoms with E-state index in [1.54, 1.807) is 12.3 Å². The van der Waals surface area contributed by atoms with Gasteiger partial charge < -0.3 is 15.1 Å². The molecule has 0 atom stereocenters. The normalized spacial score (nSPS) is 22.4. The van der Waals surface area contributed by atoms with Crippen LogP contribution in [0.4, 0.5) is 20.4 Å². The van der Waals surface area contributed by atoms with Crippen LogP contribution >= 0.6 is 0 Å². The smallest absolute Gasteiger partial charge is 0.263 e. The largest absolute Gasteiger partial charge is 0.369 e. The van der Waals surface area contributed by atoms with Gasteiger partial charge in [-0.3, -0.25) is 0 Å². The van der Waals surface area contributed by atoms with Crippen molar-refractivity contribution in [2.45, 2.75) is 31.7 Å². The van der Waals surface area contributed by atoms with Crippen LogP contribution in [0, 0.1) is 5.41 Å². The van der Waals surface area contributed by atoms with Crippen molar-refractivity contribution in [2.24, 2.45) is 5.41 Å². The SMILES string of the molecule is CN1CC2(CCN(c3cc(C(F)F)cc4cnc(NC5CCN(S(C)(=O)=O)CC5)nc34)C2)C1. The number of nitrogens with zero attached hydrogens (tertiary/aromatic N) is 5. The molecule has 2 aromatic rings. The van der Waals surface area contributed by atoms with E-state index in [1.165, 1.54) is 16.6 Å². The average Bonchev–Trinajstić information content (AvgIpc) is 3.17. The summed E-state index contributed by atoms with van der Waals surface area (Å²) in [6.07, 6.45) is 2.65. The highest BCUT2D eigenvalue weighted by atomic mass is 32.2. The third kappa shape index (κ3) is 4.50. The standard InChI is InChI=1S/C22H30F2N6O2S/c1-28-12-22(13-28)5-8-29(14-22)18-10-15(20(23)24)9-16-11-25-21(27-19(16)18)26-17-3-6-30(7-4-17)33(2,31)32/h9-11,17,20H,3-8,12-14H2,1-2H3,(H,25,26,27). The van der Waals surface area contributed by atoms with Crippen molar-refractivity contribution in [1.29, 1.82) is 0 Å². The minimum absolute atomic E-state index is 0.0124. The Kier molecular flexibility index (Phi) is 5.69. The Morgan fingerprint density at radius 2 is 1.88 bits per heavy atom. The monoisotopic (exact) mass is 480 g/mol. The maximum atomic E-state index is 13.6. The molecule has 1 spiro atoms. The van der Waals surface area contributed by atoms with Gasteiger partial charge in [0.25, 0.3) is 6.43 Å². The van der Waals surface area contributed by atoms with Gasteiger partial charge in [-0.15, -0.1) is 0 Å². The van der Waals surface area contributed by atoms with Gasteiger partial charge in [0.05, 0.1) is 17.5 Å². The van der Waals surface area contributed by atoms with E-state index >= 15 is 0 Å². The average molecular weight is 481 g/mol. The number of piperidine rings is 1. The fourth-order valence-corrected chi connectivity index (χ4v) is 6.47. The molecule has 1 N–H and O–H groups in total. The van der Waals surface area contributed by atoms with Gasteiger partial charge in [0.2, 0.25) is 16.0 Å². The molecule has 3 saturated heterocycles. The molecule has 0 saturated carbocycles. The van der Waals surface area contributed by atoms with Crippen LogP contribution in [0.1, 0.15) is 31.3 Å². The van der Waals surface area contributed by atoms with E-state index < -0.39 is 16.4 Å². The quantitative estimate of drug-likeness (QED) is 0.704. The molecule has 0 amide bonds. The van der Waals surface area contributed by atoms with Crippen molar-refractivity contribution in [3.63, 3.8) is 0 Å². The van der Waals surface area contributed by atoms with Gasteiger partial charge in [-0.2, -0.15) is 0 Å². The maximum Gasteiger partial charge on any atom is 0.263 e. The first-order valence-corrected chi connectivity index (χ1v) is 13.2. The summed E-state index contributed by atoms with van der Waals surface area (Å²) < 4.78 is 52.2. The maximum absolute atomic E-state index is 13.6. The third-order valence-electron chi connectivity index (χ3n) is 7.18. The molecular formula is C22H30F2N6O2S. The van der Waals surface area contributed by atoms with E-state index in [9.17, 15) is 17.2 Å². The Morgan fingerprint density at radius 3 is 2.52 bits per heavy atom. The lowest BCUT2D eigenvalue weighted by Gasteiger charge is -2.46. The molecule has 3 aliphatic rings. The van der Waals surface area contributed by atoms with Crippen molar-refractivity contribution in [3.8, 4) is 0 Å². The first-order chi connectivity index (χ1) is 15.6. The summed E-state index contributed by atoms with van der Waals surface area (Å²) >= 11 is 0. The number of hydrogen-bond donors (Lipinski definition) is 1. The Labute approximate surface area is 193 Å². The molecule has 0 unspecified atom stereocenters. The van der Waals surface area contributed by atoms with Crippen LogP contribution in [-0.2, 0) is 10.0 Å². The van der Waals surface area contributed by atoms with Gasteiger partial charge in [-0.25, -0.2) is 31.5 Å². The first-order valence-electron chi connectivity index (χ1n) is 11.4. The van der Waals surface area contributed by atoms with Crippen molar-refractivity contribution in [1.82, 2.24) is 19.2 Å². The number of rotatable bonds is 5. The predicted molar refractivity (Wildman–Crippen MR) is 124 cm³/mol. The lowest BCUT2D eigenvalue weighted by molar-refractivity contribution is 0.0424. The molecule has 3 fully saturated rings. The van der Waals surface area contributed by atoms with Crippen LogP contribution in [0.25, 0.3) is 10.9 Å². The highest BCUT2D eigenvalue weighted by molar-refractivity contribution is 7.88. The highest BCUT2D eigenvalue weighted by Gasteiger charge is 2.46. The Bertz CT molecular complexity index is 1150. The summed E-state index contributed by atoms with van der Waals surface area (Å²) in [5.41, 5.74) is 1.65. The Balaban J connectivity index is 1.40. The third-order valence-corrected chi connectivity index (χ3v) is 8.49. The van der Waals surface area contributed by atoms with Crippen LogP contribution in [0.15, 0.2) is 18.3 Å². The molecule has 0 bridgehead atoms. The molecule has 180 valence electrons. The van der Waals surface area contributed by atoms with Crippen molar-refractivity contribution in [2.75, 3.05) is 62.8 Å². The lowest BCUT2D eigenvalue weighted by Crippen LogP contribution is -2.55. The minimum atomic E-state index is -3.18. The molecule has 5 rings (SSSR count). The molecule has 1 aromatic carbocycles. The number of anilines is 2. The summed E-state index contributed by atoms with van der Waals surface area (Å²) in [5, 5.41) is 3.93. The van der Waals surface area contributed by atoms with E-state index in [4.69, 9.17) is 4.98 Å². The zero-order valence-electron chi connectivity index (χ0n) is 19.0. The van der Waals surface area contributed by atoms with Gasteiger partial charge in [0.15, 0.2) is 0 Å². The topological polar surface area (TPSA) is 81.7 Å². The molecule has 3 aliphatic heterocycles. The van der Waals surface area contributed by atoms with Crippen LogP contribution in [0.3, 0.4) is 0 Å². The summed E-state index contributed by atoms with van der Waals surface area (Å²) in [6, 6.07) is 3.11. The molecular weight excluding hydrogens is 450 g/mol. The number of likely N-dealkylation sites (tertiary alicyclic amines) is 1. The van der Waals surface area contributed by atoms with Gasteiger partial charge >= 0.3 is 0 Å². The summed E-state index contributed by atoms with van der Waals surface area (Å²) in [6.45, 7) is 4.64. The second kappa shape index (κ2) is 8.28. The fraction of sp³-hybridized carbons (Fsp3) is 0.636. The second-order valence-electron chi connectivity index (χ2n) is 9.90. The number of halogens is 2. The molecule has 8 nitrogen and oxygen atoms in total. The van der Waals surface area contributed by atoms with Crippen molar-refractivity contribution >= 4 is 32.6 Å². The van der Waals surface area contributed by atoms with Crippen LogP contribution < -0.4 is 10.2 Å². The Hall–Kier alpha value is -2.11. The number of nitrogens with one attached hydrogen (secondary N) is 1. The van der Waals surface area contributed by atoms with E-state index in [0.29, 0.717) is 42.8 Å². The van der Waals surface area contributed by atoms with Crippen molar-refractivity contribution < 1.29 is 17.2 Å². The summed E-state index contributed by atoms with van der Waals surface area (Å²) in [4.78, 5) is 13.6. The number of hydrogen-bond acceptors (Lipinski definition) is 7. The van der Waals surface area contributed by atoms with E-state index in [0.717, 1.165) is 38.3 Å². The molecule has 33 heavy (non-hydrogen) atoms. The fourth-order valence-electron chi connectivity index (χ4n) is 5.60. The molecule has 0 aliphatic carbocycles. The lowest BCUT2D eigenvalue weighted by atomic mass is 9.79. The number of fused-ring (bicyclic) bond motifs is 1. The second-order valence-corrected chi connectivity index (χ2v) is 11.9. The number of sulfonamides is 1. The van der Waals surface area contributed by atoms with E-state index in [2.05, 4.69) is 27.1 Å². The van der Waals surface area contributed by atoms with E-state index in [-0.39, 0.29) is 17.0 Å². The van der Waals surface area contributed by atoms with Crippen molar-refractivity contribution in [3.05, 3.63) is 23.9 Å². The first kappa shape index (κ1) is 22.7. The van der Waals surface area contributed by atoms with Crippen LogP contribution in [0.2, 0.25) is 0 Å². The summed E-state index contributed by atoms with van der Waals surface area (Å²) in [7, 11) is -1.08. The van der Waals surface area contributed by atoms with E-state index in [1.807, 2.05) is 0 Å². The number of benzene rings is 1. The highest BCUT2D eigenvalue weighted by Crippen LogP contribution is 2.42. The zero-order chi connectivity index (χ0) is 23.4. The summed E-state index contributed by atoms with van der Waals surface area (Å²) in [5.74, 6) is 0.448. The molecule has 1 aromatic heterocycles. The Morgan fingerprint density at radius 1 is 1.15 bits per heavy atom. The van der Waals surface area contributed by atoms with Gasteiger partial charge in [-0.1, -0.05) is 0 Å². The molecule has 4 heterocycles. The molecule has 11 heteroatoms. The minimum Gasteiger partial charge on any atom is -0.369 e. The van der Waals surface area contributed by atoms with Gasteiger partial charge in [-0.05, 0) is 38.4 Å². The van der Waals surface area contributed by atoms with Crippen LogP contribution in [-0.4, -0.2) is 86.2 Å². The molecule has 0 radical (unpaired) electrons. The van der Waals surface area contributed by atoms with Crippen LogP contribution in [0.5, 0.6) is 0 Å². The number of aromatic nitrogens is 2.